The number of furan rings is 1. The molecule has 0 bridgehead atoms. The molecule has 0 atom stereocenters. The van der Waals surface area contributed by atoms with Gasteiger partial charge < -0.3 is 14.2 Å². The summed E-state index contributed by atoms with van der Waals surface area (Å²) >= 11 is 0. The van der Waals surface area contributed by atoms with E-state index in [-0.39, 0.29) is 5.69 Å². The van der Waals surface area contributed by atoms with Crippen LogP contribution in [0.1, 0.15) is 37.0 Å². The summed E-state index contributed by atoms with van der Waals surface area (Å²) in [5, 5.41) is 15.7. The lowest BCUT2D eigenvalue weighted by Crippen LogP contribution is -2.25. The second-order valence-electron chi connectivity index (χ2n) is 8.50. The Hall–Kier alpha value is -4.02. The molecule has 4 heterocycles. The molecule has 34 heavy (non-hydrogen) atoms. The fraction of sp³-hybridized carbons (Fsp3) is 0.391. The summed E-state index contributed by atoms with van der Waals surface area (Å²) < 4.78 is 5.78. The number of benzene rings is 1. The van der Waals surface area contributed by atoms with Crippen LogP contribution < -0.4 is 15.2 Å². The standard InChI is InChI=1S/C23H26N8O3/c1-16-6-8-18(19(14-16)31(32)33)20-9-7-17(34-20)15-24-28-21-25-22(29-10-2-3-11-29)27-23(26-21)30-12-4-5-13-30/h6-9,14-15H,2-5,10-13H2,1H3,(H,25,26,27,28)/b24-15-. The lowest BCUT2D eigenvalue weighted by Gasteiger charge is -2.20. The first-order valence-corrected chi connectivity index (χ1v) is 11.5. The Morgan fingerprint density at radius 3 is 2.26 bits per heavy atom. The molecule has 0 spiro atoms. The van der Waals surface area contributed by atoms with Crippen LogP contribution in [-0.2, 0) is 0 Å². The maximum absolute atomic E-state index is 11.4. The van der Waals surface area contributed by atoms with Crippen LogP contribution in [0.3, 0.4) is 0 Å². The molecule has 2 aromatic heterocycles. The van der Waals surface area contributed by atoms with Crippen molar-refractivity contribution in [2.75, 3.05) is 41.4 Å². The second-order valence-corrected chi connectivity index (χ2v) is 8.50. The summed E-state index contributed by atoms with van der Waals surface area (Å²) in [6, 6.07) is 8.44. The van der Waals surface area contributed by atoms with Gasteiger partial charge in [0.05, 0.1) is 16.7 Å². The largest absolute Gasteiger partial charge is 0.455 e. The Labute approximate surface area is 196 Å². The van der Waals surface area contributed by atoms with Crippen LogP contribution in [0.15, 0.2) is 39.9 Å². The monoisotopic (exact) mass is 462 g/mol. The van der Waals surface area contributed by atoms with Crippen LogP contribution in [0, 0.1) is 17.0 Å². The molecule has 0 unspecified atom stereocenters. The third kappa shape index (κ3) is 4.68. The Morgan fingerprint density at radius 2 is 1.65 bits per heavy atom. The number of anilines is 3. The molecule has 5 rings (SSSR count). The van der Waals surface area contributed by atoms with E-state index in [4.69, 9.17) is 9.40 Å². The fourth-order valence-electron chi connectivity index (χ4n) is 4.24. The maximum atomic E-state index is 11.4. The van der Waals surface area contributed by atoms with Gasteiger partial charge in [-0.15, -0.1) is 0 Å². The van der Waals surface area contributed by atoms with Gasteiger partial charge in [0.2, 0.25) is 17.8 Å². The number of nitro benzene ring substituents is 1. The van der Waals surface area contributed by atoms with E-state index in [0.717, 1.165) is 57.4 Å². The second kappa shape index (κ2) is 9.46. The van der Waals surface area contributed by atoms with Crippen LogP contribution >= 0.6 is 0 Å². The van der Waals surface area contributed by atoms with Gasteiger partial charge in [-0.25, -0.2) is 5.43 Å². The zero-order valence-electron chi connectivity index (χ0n) is 19.0. The van der Waals surface area contributed by atoms with Crippen molar-refractivity contribution >= 4 is 29.7 Å². The number of hydrogen-bond donors (Lipinski definition) is 1. The SMILES string of the molecule is Cc1ccc(-c2ccc(/C=N\Nc3nc(N4CCCC4)nc(N4CCCC4)n3)o2)c([N+](=O)[O-])c1. The number of nitrogens with one attached hydrogen (secondary N) is 1. The van der Waals surface area contributed by atoms with Gasteiger partial charge in [0, 0.05) is 32.2 Å². The van der Waals surface area contributed by atoms with Gasteiger partial charge in [-0.2, -0.15) is 20.1 Å². The van der Waals surface area contributed by atoms with E-state index in [9.17, 15) is 10.1 Å². The molecule has 11 nitrogen and oxygen atoms in total. The van der Waals surface area contributed by atoms with E-state index >= 15 is 0 Å². The van der Waals surface area contributed by atoms with E-state index < -0.39 is 4.92 Å². The average molecular weight is 463 g/mol. The minimum Gasteiger partial charge on any atom is -0.455 e. The number of nitro groups is 1. The van der Waals surface area contributed by atoms with Crippen molar-refractivity contribution in [1.29, 1.82) is 0 Å². The number of hydrazone groups is 1. The molecule has 1 N–H and O–H groups in total. The first-order valence-electron chi connectivity index (χ1n) is 11.5. The van der Waals surface area contributed by atoms with Crippen LogP contribution in [0.4, 0.5) is 23.5 Å². The molecule has 2 fully saturated rings. The molecule has 2 aliphatic heterocycles. The van der Waals surface area contributed by atoms with E-state index in [1.165, 1.54) is 12.3 Å². The Kier molecular flexibility index (Phi) is 6.07. The number of aryl methyl sites for hydroxylation is 1. The quantitative estimate of drug-likeness (QED) is 0.315. The molecule has 0 radical (unpaired) electrons. The number of rotatable bonds is 7. The van der Waals surface area contributed by atoms with E-state index in [2.05, 4.69) is 30.3 Å². The summed E-state index contributed by atoms with van der Waals surface area (Å²) in [5.41, 5.74) is 4.13. The van der Waals surface area contributed by atoms with Crippen molar-refractivity contribution in [2.24, 2.45) is 5.10 Å². The van der Waals surface area contributed by atoms with Gasteiger partial charge >= 0.3 is 0 Å². The number of nitrogens with zero attached hydrogens (tertiary/aromatic N) is 7. The van der Waals surface area contributed by atoms with Gasteiger partial charge in [-0.1, -0.05) is 6.07 Å². The topological polar surface area (TPSA) is 126 Å². The molecule has 0 saturated carbocycles. The molecule has 0 aliphatic carbocycles. The third-order valence-electron chi connectivity index (χ3n) is 5.99. The summed E-state index contributed by atoms with van der Waals surface area (Å²) in [7, 11) is 0. The van der Waals surface area contributed by atoms with Crippen molar-refractivity contribution in [2.45, 2.75) is 32.6 Å². The molecule has 1 aromatic carbocycles. The summed E-state index contributed by atoms with van der Waals surface area (Å²) in [5.74, 6) is 2.56. The van der Waals surface area contributed by atoms with Gasteiger partial charge in [0.15, 0.2) is 0 Å². The normalized spacial score (nSPS) is 16.0. The molecule has 2 aliphatic rings. The van der Waals surface area contributed by atoms with Crippen LogP contribution in [0.2, 0.25) is 0 Å². The molecule has 176 valence electrons. The molecule has 3 aromatic rings. The number of aromatic nitrogens is 3. The van der Waals surface area contributed by atoms with Crippen molar-refractivity contribution in [3.8, 4) is 11.3 Å². The van der Waals surface area contributed by atoms with E-state index in [1.54, 1.807) is 18.2 Å². The van der Waals surface area contributed by atoms with Crippen molar-refractivity contribution in [1.82, 2.24) is 15.0 Å². The summed E-state index contributed by atoms with van der Waals surface area (Å²) in [6.45, 7) is 5.56. The molecule has 0 amide bonds. The van der Waals surface area contributed by atoms with Gasteiger partial charge in [-0.3, -0.25) is 10.1 Å². The minimum absolute atomic E-state index is 0.00466. The number of hydrogen-bond acceptors (Lipinski definition) is 10. The lowest BCUT2D eigenvalue weighted by atomic mass is 10.1. The zero-order valence-corrected chi connectivity index (χ0v) is 19.0. The highest BCUT2D eigenvalue weighted by Crippen LogP contribution is 2.31. The third-order valence-corrected chi connectivity index (χ3v) is 5.99. The highest BCUT2D eigenvalue weighted by atomic mass is 16.6. The minimum atomic E-state index is -0.406. The highest BCUT2D eigenvalue weighted by Gasteiger charge is 2.22. The molecule has 2 saturated heterocycles. The smallest absolute Gasteiger partial charge is 0.280 e. The first-order chi connectivity index (χ1) is 16.6. The van der Waals surface area contributed by atoms with Gasteiger partial charge in [0.1, 0.15) is 11.5 Å². The average Bonchev–Trinajstić information content (AvgIpc) is 3.62. The van der Waals surface area contributed by atoms with E-state index in [0.29, 0.717) is 34.9 Å². The predicted octanol–water partition coefficient (Wildman–Crippen LogP) is 3.99. The molecular weight excluding hydrogens is 436 g/mol. The van der Waals surface area contributed by atoms with E-state index in [1.807, 2.05) is 13.0 Å². The van der Waals surface area contributed by atoms with Crippen LogP contribution in [-0.4, -0.2) is 52.3 Å². The van der Waals surface area contributed by atoms with Crippen LogP contribution in [0.5, 0.6) is 0 Å². The summed E-state index contributed by atoms with van der Waals surface area (Å²) in [6.07, 6.45) is 6.02. The van der Waals surface area contributed by atoms with Gasteiger partial charge in [-0.05, 0) is 56.4 Å². The Morgan fingerprint density at radius 1 is 1.00 bits per heavy atom. The van der Waals surface area contributed by atoms with Crippen molar-refractivity contribution in [3.05, 3.63) is 51.8 Å². The zero-order chi connectivity index (χ0) is 23.5. The molecular formula is C23H26N8O3. The Balaban J connectivity index is 1.34. The predicted molar refractivity (Wildman–Crippen MR) is 129 cm³/mol. The molecule has 11 heteroatoms. The van der Waals surface area contributed by atoms with Gasteiger partial charge in [0.25, 0.3) is 5.69 Å². The van der Waals surface area contributed by atoms with Crippen molar-refractivity contribution < 1.29 is 9.34 Å². The highest BCUT2D eigenvalue weighted by molar-refractivity contribution is 5.79. The lowest BCUT2D eigenvalue weighted by molar-refractivity contribution is -0.384. The van der Waals surface area contributed by atoms with Crippen LogP contribution in [0.25, 0.3) is 11.3 Å². The Bertz CT molecular complexity index is 1180. The summed E-state index contributed by atoms with van der Waals surface area (Å²) in [4.78, 5) is 29.2. The fourth-order valence-corrected chi connectivity index (χ4v) is 4.24. The maximum Gasteiger partial charge on any atom is 0.280 e. The first kappa shape index (κ1) is 21.8. The van der Waals surface area contributed by atoms with Crippen molar-refractivity contribution in [3.63, 3.8) is 0 Å².